The zero-order valence-electron chi connectivity index (χ0n) is 12.1. The molecule has 0 bridgehead atoms. The van der Waals surface area contributed by atoms with Crippen LogP contribution >= 0.6 is 0 Å². The van der Waals surface area contributed by atoms with E-state index in [-0.39, 0.29) is 5.69 Å². The van der Waals surface area contributed by atoms with Crippen molar-refractivity contribution in [3.05, 3.63) is 17.5 Å². The highest BCUT2D eigenvalue weighted by atomic mass is 16.4. The van der Waals surface area contributed by atoms with Gasteiger partial charge in [-0.1, -0.05) is 27.7 Å². The van der Waals surface area contributed by atoms with Crippen molar-refractivity contribution in [1.29, 1.82) is 0 Å². The molecule has 0 radical (unpaired) electrons. The fourth-order valence-corrected chi connectivity index (χ4v) is 2.79. The summed E-state index contributed by atoms with van der Waals surface area (Å²) in [5.74, 6) is -0.0890. The van der Waals surface area contributed by atoms with Crippen LogP contribution in [-0.4, -0.2) is 27.6 Å². The van der Waals surface area contributed by atoms with Crippen molar-refractivity contribution in [2.75, 3.05) is 11.9 Å². The van der Waals surface area contributed by atoms with E-state index < -0.39 is 5.97 Å². The molecular formula is C14H21N3O2. The Morgan fingerprint density at radius 1 is 1.32 bits per heavy atom. The van der Waals surface area contributed by atoms with E-state index in [1.165, 1.54) is 6.07 Å². The highest BCUT2D eigenvalue weighted by molar-refractivity contribution is 5.85. The lowest BCUT2D eigenvalue weighted by Crippen LogP contribution is -2.13. The molecule has 0 saturated heterocycles. The van der Waals surface area contributed by atoms with Crippen LogP contribution in [0, 0.1) is 23.7 Å². The van der Waals surface area contributed by atoms with Gasteiger partial charge in [0.25, 0.3) is 0 Å². The van der Waals surface area contributed by atoms with Crippen molar-refractivity contribution in [2.24, 2.45) is 16.7 Å². The SMILES string of the molecule is Cc1cc(C(=O)O)nc(NCC2C(C)(C)C2(C)C)n1. The van der Waals surface area contributed by atoms with Crippen molar-refractivity contribution in [3.8, 4) is 0 Å². The summed E-state index contributed by atoms with van der Waals surface area (Å²) >= 11 is 0. The first-order valence-corrected chi connectivity index (χ1v) is 6.49. The van der Waals surface area contributed by atoms with Gasteiger partial charge < -0.3 is 10.4 Å². The first kappa shape index (κ1) is 13.8. The third-order valence-electron chi connectivity index (χ3n) is 4.86. The maximum absolute atomic E-state index is 10.9. The molecule has 2 rings (SSSR count). The zero-order chi connectivity index (χ0) is 14.4. The minimum atomic E-state index is -1.03. The number of hydrogen-bond donors (Lipinski definition) is 2. The summed E-state index contributed by atoms with van der Waals surface area (Å²) in [6.45, 7) is 11.5. The number of nitrogens with one attached hydrogen (secondary N) is 1. The van der Waals surface area contributed by atoms with Crippen LogP contribution in [0.4, 0.5) is 5.95 Å². The molecule has 5 nitrogen and oxygen atoms in total. The molecule has 0 atom stereocenters. The van der Waals surface area contributed by atoms with Gasteiger partial charge in [-0.15, -0.1) is 0 Å². The van der Waals surface area contributed by atoms with Crippen molar-refractivity contribution in [2.45, 2.75) is 34.6 Å². The summed E-state index contributed by atoms with van der Waals surface area (Å²) in [5, 5.41) is 12.1. The Kier molecular flexibility index (Phi) is 3.03. The molecule has 1 aliphatic rings. The summed E-state index contributed by atoms with van der Waals surface area (Å²) in [7, 11) is 0. The highest BCUT2D eigenvalue weighted by Crippen LogP contribution is 2.68. The zero-order valence-corrected chi connectivity index (χ0v) is 12.1. The van der Waals surface area contributed by atoms with E-state index in [0.717, 1.165) is 6.54 Å². The number of rotatable bonds is 4. The van der Waals surface area contributed by atoms with Crippen LogP contribution in [0.1, 0.15) is 43.9 Å². The van der Waals surface area contributed by atoms with Crippen LogP contribution < -0.4 is 5.32 Å². The van der Waals surface area contributed by atoms with Gasteiger partial charge >= 0.3 is 5.97 Å². The number of carboxylic acid groups (broad SMARTS) is 1. The molecule has 1 heterocycles. The molecule has 1 fully saturated rings. The second-order valence-electron chi connectivity index (χ2n) is 6.40. The molecule has 0 amide bonds. The fourth-order valence-electron chi connectivity index (χ4n) is 2.79. The maximum atomic E-state index is 10.9. The predicted molar refractivity (Wildman–Crippen MR) is 73.3 cm³/mol. The summed E-state index contributed by atoms with van der Waals surface area (Å²) in [6, 6.07) is 1.47. The minimum absolute atomic E-state index is 0.0318. The Morgan fingerprint density at radius 2 is 1.89 bits per heavy atom. The van der Waals surface area contributed by atoms with Gasteiger partial charge in [0.2, 0.25) is 5.95 Å². The first-order valence-electron chi connectivity index (χ1n) is 6.49. The number of aryl methyl sites for hydroxylation is 1. The molecule has 0 unspecified atom stereocenters. The molecule has 104 valence electrons. The van der Waals surface area contributed by atoms with E-state index in [4.69, 9.17) is 5.11 Å². The first-order chi connectivity index (χ1) is 8.66. The normalized spacial score (nSPS) is 20.1. The average molecular weight is 263 g/mol. The average Bonchev–Trinajstić information content (AvgIpc) is 2.66. The third-order valence-corrected chi connectivity index (χ3v) is 4.86. The quantitative estimate of drug-likeness (QED) is 0.873. The van der Waals surface area contributed by atoms with Gasteiger partial charge in [-0.25, -0.2) is 14.8 Å². The van der Waals surface area contributed by atoms with Crippen LogP contribution in [0.3, 0.4) is 0 Å². The number of aromatic nitrogens is 2. The topological polar surface area (TPSA) is 75.1 Å². The number of carboxylic acids is 1. The van der Waals surface area contributed by atoms with Crippen molar-refractivity contribution < 1.29 is 9.90 Å². The van der Waals surface area contributed by atoms with E-state index in [1.54, 1.807) is 6.92 Å². The van der Waals surface area contributed by atoms with Gasteiger partial charge in [-0.3, -0.25) is 0 Å². The van der Waals surface area contributed by atoms with E-state index in [1.807, 2.05) is 0 Å². The van der Waals surface area contributed by atoms with Crippen LogP contribution in [0.15, 0.2) is 6.07 Å². The molecule has 0 aliphatic heterocycles. The second-order valence-corrected chi connectivity index (χ2v) is 6.40. The number of aromatic carboxylic acids is 1. The molecular weight excluding hydrogens is 242 g/mol. The fraction of sp³-hybridized carbons (Fsp3) is 0.643. The predicted octanol–water partition coefficient (Wildman–Crippen LogP) is 2.58. The molecule has 5 heteroatoms. The molecule has 2 N–H and O–H groups in total. The molecule has 1 aliphatic carbocycles. The van der Waals surface area contributed by atoms with Crippen LogP contribution in [-0.2, 0) is 0 Å². The van der Waals surface area contributed by atoms with Crippen molar-refractivity contribution in [3.63, 3.8) is 0 Å². The van der Waals surface area contributed by atoms with Gasteiger partial charge in [0, 0.05) is 12.2 Å². The smallest absolute Gasteiger partial charge is 0.354 e. The maximum Gasteiger partial charge on any atom is 0.354 e. The number of carbonyl (C=O) groups is 1. The number of nitrogens with zero attached hydrogens (tertiary/aromatic N) is 2. The lowest BCUT2D eigenvalue weighted by atomic mass is 10.0. The number of hydrogen-bond acceptors (Lipinski definition) is 4. The lowest BCUT2D eigenvalue weighted by molar-refractivity contribution is 0.0690. The molecule has 0 aromatic carbocycles. The van der Waals surface area contributed by atoms with Gasteiger partial charge in [-0.2, -0.15) is 0 Å². The summed E-state index contributed by atoms with van der Waals surface area (Å²) in [6.07, 6.45) is 0. The van der Waals surface area contributed by atoms with Gasteiger partial charge in [-0.05, 0) is 29.7 Å². The minimum Gasteiger partial charge on any atom is -0.477 e. The van der Waals surface area contributed by atoms with Gasteiger partial charge in [0.15, 0.2) is 5.69 Å². The lowest BCUT2D eigenvalue weighted by Gasteiger charge is -2.07. The molecule has 1 saturated carbocycles. The monoisotopic (exact) mass is 263 g/mol. The van der Waals surface area contributed by atoms with Crippen molar-refractivity contribution >= 4 is 11.9 Å². The highest BCUT2D eigenvalue weighted by Gasteiger charge is 2.64. The summed E-state index contributed by atoms with van der Waals surface area (Å²) in [4.78, 5) is 19.2. The summed E-state index contributed by atoms with van der Waals surface area (Å²) < 4.78 is 0. The third kappa shape index (κ3) is 2.29. The summed E-state index contributed by atoms with van der Waals surface area (Å²) in [5.41, 5.74) is 1.27. The van der Waals surface area contributed by atoms with E-state index in [2.05, 4.69) is 43.0 Å². The Balaban J connectivity index is 2.07. The van der Waals surface area contributed by atoms with E-state index in [0.29, 0.717) is 28.4 Å². The molecule has 1 aromatic heterocycles. The Labute approximate surface area is 113 Å². The largest absolute Gasteiger partial charge is 0.477 e. The van der Waals surface area contributed by atoms with E-state index in [9.17, 15) is 4.79 Å². The standard InChI is InChI=1S/C14H21N3O2/c1-8-6-9(11(18)19)17-12(16-8)15-7-10-13(2,3)14(10,4)5/h6,10H,7H2,1-5H3,(H,18,19)(H,15,16,17). The molecule has 19 heavy (non-hydrogen) atoms. The van der Waals surface area contributed by atoms with Gasteiger partial charge in [0.1, 0.15) is 0 Å². The second kappa shape index (κ2) is 4.18. The Bertz CT molecular complexity index is 509. The molecule has 0 spiro atoms. The van der Waals surface area contributed by atoms with Gasteiger partial charge in [0.05, 0.1) is 0 Å². The van der Waals surface area contributed by atoms with Crippen molar-refractivity contribution in [1.82, 2.24) is 9.97 Å². The van der Waals surface area contributed by atoms with Crippen LogP contribution in [0.2, 0.25) is 0 Å². The van der Waals surface area contributed by atoms with E-state index >= 15 is 0 Å². The van der Waals surface area contributed by atoms with Crippen LogP contribution in [0.5, 0.6) is 0 Å². The van der Waals surface area contributed by atoms with Crippen LogP contribution in [0.25, 0.3) is 0 Å². The number of anilines is 1. The molecule has 1 aromatic rings. The Morgan fingerprint density at radius 3 is 2.37 bits per heavy atom. The Hall–Kier alpha value is -1.65.